The lowest BCUT2D eigenvalue weighted by molar-refractivity contribution is -0.118. The Balaban J connectivity index is 2.53. The van der Waals surface area contributed by atoms with Crippen LogP contribution >= 0.6 is 58.4 Å². The fraction of sp³-hybridized carbons (Fsp3) is 0.444. The Morgan fingerprint density at radius 3 is 1.72 bits per heavy atom. The van der Waals surface area contributed by atoms with Crippen molar-refractivity contribution in [3.05, 3.63) is 3.14 Å². The van der Waals surface area contributed by atoms with E-state index in [1.807, 2.05) is 0 Å². The van der Waals surface area contributed by atoms with Crippen LogP contribution in [0.2, 0.25) is 0 Å². The van der Waals surface area contributed by atoms with Gasteiger partial charge in [0.25, 0.3) is 0 Å². The molecule has 0 aliphatic heterocycles. The number of thioether (sulfide) groups is 2. The van der Waals surface area contributed by atoms with Crippen LogP contribution in [-0.2, 0) is 9.59 Å². The first-order chi connectivity index (χ1) is 8.49. The van der Waals surface area contributed by atoms with Gasteiger partial charge in [-0.2, -0.15) is 0 Å². The van der Waals surface area contributed by atoms with Crippen molar-refractivity contribution in [2.24, 2.45) is 11.5 Å². The van der Waals surface area contributed by atoms with Gasteiger partial charge in [0.05, 0.1) is 8.42 Å². The first-order valence-electron chi connectivity index (χ1n) is 4.95. The zero-order chi connectivity index (χ0) is 13.5. The Morgan fingerprint density at radius 1 is 1.00 bits per heavy atom. The van der Waals surface area contributed by atoms with Crippen LogP contribution in [0.15, 0.2) is 8.42 Å². The summed E-state index contributed by atoms with van der Waals surface area (Å²) in [5, 5.41) is 0. The number of carbonyl (C=O) groups is 2. The molecule has 0 spiro atoms. The lowest BCUT2D eigenvalue weighted by Gasteiger charge is -2.00. The maximum absolute atomic E-state index is 10.7. The van der Waals surface area contributed by atoms with Gasteiger partial charge in [-0.15, -0.1) is 46.2 Å². The molecule has 0 saturated heterocycles. The van der Waals surface area contributed by atoms with Crippen LogP contribution < -0.4 is 11.5 Å². The molecule has 1 rings (SSSR count). The van der Waals surface area contributed by atoms with E-state index in [-0.39, 0.29) is 11.8 Å². The van der Waals surface area contributed by atoms with Gasteiger partial charge in [-0.1, -0.05) is 12.2 Å². The molecule has 4 nitrogen and oxygen atoms in total. The van der Waals surface area contributed by atoms with Gasteiger partial charge in [-0.05, 0) is 0 Å². The van der Waals surface area contributed by atoms with Crippen molar-refractivity contribution in [3.63, 3.8) is 0 Å². The Bertz CT molecular complexity index is 441. The second-order valence-electron chi connectivity index (χ2n) is 3.16. The number of hydrogen-bond donors (Lipinski definition) is 2. The molecule has 18 heavy (non-hydrogen) atoms. The molecule has 0 fully saturated rings. The summed E-state index contributed by atoms with van der Waals surface area (Å²) < 4.78 is 3.04. The Morgan fingerprint density at radius 2 is 1.39 bits per heavy atom. The summed E-state index contributed by atoms with van der Waals surface area (Å²) in [6.07, 6.45) is 0.705. The molecule has 0 bridgehead atoms. The summed E-state index contributed by atoms with van der Waals surface area (Å²) in [7, 11) is 0. The topological polar surface area (TPSA) is 86.2 Å². The first kappa shape index (κ1) is 16.0. The second-order valence-corrected chi connectivity index (χ2v) is 9.11. The minimum atomic E-state index is -0.302. The van der Waals surface area contributed by atoms with Crippen molar-refractivity contribution in [1.29, 1.82) is 0 Å². The number of carbonyl (C=O) groups excluding carboxylic acids is 2. The van der Waals surface area contributed by atoms with E-state index in [9.17, 15) is 9.59 Å². The molecule has 0 aliphatic carbocycles. The van der Waals surface area contributed by atoms with Gasteiger partial charge in [-0.3, -0.25) is 9.59 Å². The second kappa shape index (κ2) is 8.16. The highest BCUT2D eigenvalue weighted by molar-refractivity contribution is 8.05. The molecular weight excluding hydrogens is 328 g/mol. The highest BCUT2D eigenvalue weighted by atomic mass is 32.2. The van der Waals surface area contributed by atoms with Gasteiger partial charge in [0.1, 0.15) is 3.14 Å². The fourth-order valence-electron chi connectivity index (χ4n) is 0.921. The van der Waals surface area contributed by atoms with Gasteiger partial charge in [0, 0.05) is 24.3 Å². The van der Waals surface area contributed by atoms with Crippen molar-refractivity contribution >= 4 is 70.2 Å². The van der Waals surface area contributed by atoms with Crippen molar-refractivity contribution in [2.75, 3.05) is 11.5 Å². The zero-order valence-electron chi connectivity index (χ0n) is 9.34. The van der Waals surface area contributed by atoms with E-state index < -0.39 is 0 Å². The van der Waals surface area contributed by atoms with Crippen LogP contribution in [0.3, 0.4) is 0 Å². The zero-order valence-corrected chi connectivity index (χ0v) is 13.4. The van der Waals surface area contributed by atoms with E-state index in [2.05, 4.69) is 0 Å². The lowest BCUT2D eigenvalue weighted by Crippen LogP contribution is -2.11. The third-order valence-electron chi connectivity index (χ3n) is 1.68. The highest BCUT2D eigenvalue weighted by Crippen LogP contribution is 2.40. The van der Waals surface area contributed by atoms with E-state index in [4.69, 9.17) is 23.7 Å². The molecule has 1 aromatic rings. The van der Waals surface area contributed by atoms with Crippen LogP contribution in [0.4, 0.5) is 0 Å². The van der Waals surface area contributed by atoms with Crippen LogP contribution in [0.1, 0.15) is 12.8 Å². The molecule has 0 aliphatic rings. The molecule has 9 heteroatoms. The van der Waals surface area contributed by atoms with Gasteiger partial charge >= 0.3 is 0 Å². The molecular formula is C9H12N2O2S5. The van der Waals surface area contributed by atoms with E-state index >= 15 is 0 Å². The first-order valence-corrected chi connectivity index (χ1v) is 8.96. The minimum absolute atomic E-state index is 0.302. The number of nitrogens with two attached hydrogens (primary N) is 2. The SMILES string of the molecule is NC(=O)CCSc1sc(=S)sc1SCCC(N)=O. The molecule has 0 unspecified atom stereocenters. The molecule has 4 N–H and O–H groups in total. The molecule has 1 heterocycles. The summed E-state index contributed by atoms with van der Waals surface area (Å²) in [4.78, 5) is 21.3. The highest BCUT2D eigenvalue weighted by Gasteiger charge is 2.09. The van der Waals surface area contributed by atoms with E-state index in [0.29, 0.717) is 24.3 Å². The smallest absolute Gasteiger partial charge is 0.218 e. The average Bonchev–Trinajstić information content (AvgIpc) is 2.58. The summed E-state index contributed by atoms with van der Waals surface area (Å²) in [6.45, 7) is 0. The van der Waals surface area contributed by atoms with Gasteiger partial charge in [-0.25, -0.2) is 0 Å². The summed E-state index contributed by atoms with van der Waals surface area (Å²) >= 11 is 11.4. The van der Waals surface area contributed by atoms with E-state index in [0.717, 1.165) is 11.6 Å². The standard InChI is InChI=1S/C9H12N2O2S5/c10-5(12)1-3-15-7-8(18-9(14)17-7)16-4-2-6(11)13/h1-4H2,(H2,10,12)(H2,11,13). The molecule has 2 amide bonds. The van der Waals surface area contributed by atoms with Crippen molar-refractivity contribution in [1.82, 2.24) is 0 Å². The fourth-order valence-corrected chi connectivity index (χ4v) is 7.08. The van der Waals surface area contributed by atoms with Gasteiger partial charge < -0.3 is 11.5 Å². The molecule has 1 aromatic heterocycles. The van der Waals surface area contributed by atoms with E-state index in [1.165, 1.54) is 22.7 Å². The molecule has 0 radical (unpaired) electrons. The third kappa shape index (κ3) is 6.19. The van der Waals surface area contributed by atoms with Crippen LogP contribution in [-0.4, -0.2) is 23.3 Å². The molecule has 0 saturated carbocycles. The monoisotopic (exact) mass is 340 g/mol. The summed E-state index contributed by atoms with van der Waals surface area (Å²) in [6, 6.07) is 0. The van der Waals surface area contributed by atoms with E-state index in [1.54, 1.807) is 23.5 Å². The molecule has 0 atom stereocenters. The van der Waals surface area contributed by atoms with Crippen LogP contribution in [0.5, 0.6) is 0 Å². The Kier molecular flexibility index (Phi) is 7.23. The lowest BCUT2D eigenvalue weighted by atomic mass is 10.5. The summed E-state index contributed by atoms with van der Waals surface area (Å²) in [5.41, 5.74) is 10.2. The quantitative estimate of drug-likeness (QED) is 0.561. The number of amides is 2. The predicted octanol–water partition coefficient (Wildman–Crippen LogP) is 2.47. The summed E-state index contributed by atoms with van der Waals surface area (Å²) in [5.74, 6) is 0.704. The molecule has 0 aromatic carbocycles. The van der Waals surface area contributed by atoms with Crippen molar-refractivity contribution in [3.8, 4) is 0 Å². The van der Waals surface area contributed by atoms with Gasteiger partial charge in [0.15, 0.2) is 0 Å². The van der Waals surface area contributed by atoms with Gasteiger partial charge in [0.2, 0.25) is 11.8 Å². The predicted molar refractivity (Wildman–Crippen MR) is 82.1 cm³/mol. The minimum Gasteiger partial charge on any atom is -0.370 e. The third-order valence-corrected chi connectivity index (χ3v) is 7.27. The van der Waals surface area contributed by atoms with Crippen LogP contribution in [0, 0.1) is 3.14 Å². The van der Waals surface area contributed by atoms with Crippen molar-refractivity contribution < 1.29 is 9.59 Å². The van der Waals surface area contributed by atoms with Crippen LogP contribution in [0.25, 0.3) is 0 Å². The maximum Gasteiger partial charge on any atom is 0.218 e. The average molecular weight is 341 g/mol. The number of primary amides is 2. The Hall–Kier alpha value is -0.0900. The van der Waals surface area contributed by atoms with Crippen molar-refractivity contribution in [2.45, 2.75) is 21.3 Å². The maximum atomic E-state index is 10.7. The molecule has 100 valence electrons. The Labute approximate surface area is 127 Å². The number of hydrogen-bond acceptors (Lipinski definition) is 7. The normalized spacial score (nSPS) is 10.4. The largest absolute Gasteiger partial charge is 0.370 e. The number of rotatable bonds is 8.